The van der Waals surface area contributed by atoms with Gasteiger partial charge in [0.15, 0.2) is 6.10 Å². The molecule has 0 spiro atoms. The molecule has 0 unspecified atom stereocenters. The molecule has 0 heterocycles. The molecule has 1 atom stereocenters. The maximum absolute atomic E-state index is 12.5. The Morgan fingerprint density at radius 2 is 1.69 bits per heavy atom. The van der Waals surface area contributed by atoms with Gasteiger partial charge in [-0.2, -0.15) is 13.2 Å². The van der Waals surface area contributed by atoms with Crippen LogP contribution in [0.25, 0.3) is 6.08 Å². The van der Waals surface area contributed by atoms with Crippen molar-refractivity contribution in [2.75, 3.05) is 0 Å². The molecule has 154 valence electrons. The summed E-state index contributed by atoms with van der Waals surface area (Å²) in [5.74, 6) is -0.624. The number of hydrazine groups is 1. The summed E-state index contributed by atoms with van der Waals surface area (Å²) in [5.41, 5.74) is 6.01. The lowest BCUT2D eigenvalue weighted by atomic mass is 10.1. The van der Waals surface area contributed by atoms with Crippen LogP contribution < -0.4 is 15.6 Å². The van der Waals surface area contributed by atoms with E-state index in [1.807, 2.05) is 26.0 Å². The number of rotatable bonds is 5. The predicted molar refractivity (Wildman–Crippen MR) is 103 cm³/mol. The van der Waals surface area contributed by atoms with Crippen LogP contribution in [-0.2, 0) is 15.8 Å². The maximum atomic E-state index is 12.5. The molecule has 2 aromatic rings. The van der Waals surface area contributed by atoms with Gasteiger partial charge in [-0.1, -0.05) is 24.3 Å². The van der Waals surface area contributed by atoms with E-state index < -0.39 is 29.7 Å². The summed E-state index contributed by atoms with van der Waals surface area (Å²) >= 11 is 0. The van der Waals surface area contributed by atoms with Gasteiger partial charge in [-0.05, 0) is 61.7 Å². The first kappa shape index (κ1) is 22.0. The third kappa shape index (κ3) is 6.38. The van der Waals surface area contributed by atoms with Crippen molar-refractivity contribution in [1.82, 2.24) is 10.9 Å². The summed E-state index contributed by atoms with van der Waals surface area (Å²) in [6, 6.07) is 9.82. The topological polar surface area (TPSA) is 67.4 Å². The van der Waals surface area contributed by atoms with E-state index in [9.17, 15) is 22.8 Å². The molecule has 0 bridgehead atoms. The van der Waals surface area contributed by atoms with E-state index in [4.69, 9.17) is 4.74 Å². The zero-order valence-corrected chi connectivity index (χ0v) is 16.1. The highest BCUT2D eigenvalue weighted by Crippen LogP contribution is 2.29. The quantitative estimate of drug-likeness (QED) is 0.584. The van der Waals surface area contributed by atoms with E-state index in [-0.39, 0.29) is 0 Å². The number of amides is 2. The fourth-order valence-electron chi connectivity index (χ4n) is 2.32. The van der Waals surface area contributed by atoms with Crippen LogP contribution in [0.3, 0.4) is 0 Å². The molecule has 0 aliphatic rings. The summed E-state index contributed by atoms with van der Waals surface area (Å²) in [5, 5.41) is 0. The summed E-state index contributed by atoms with van der Waals surface area (Å²) in [7, 11) is 0. The third-order valence-electron chi connectivity index (χ3n) is 4.20. The van der Waals surface area contributed by atoms with Gasteiger partial charge < -0.3 is 4.74 Å². The van der Waals surface area contributed by atoms with E-state index in [0.717, 1.165) is 29.3 Å². The van der Waals surface area contributed by atoms with Crippen molar-refractivity contribution in [1.29, 1.82) is 0 Å². The van der Waals surface area contributed by atoms with Crippen LogP contribution in [-0.4, -0.2) is 17.9 Å². The first-order valence-corrected chi connectivity index (χ1v) is 8.76. The van der Waals surface area contributed by atoms with Crippen LogP contribution in [0.5, 0.6) is 5.75 Å². The smallest absolute Gasteiger partial charge is 0.416 e. The number of ether oxygens (including phenoxy) is 1. The molecule has 2 rings (SSSR count). The maximum Gasteiger partial charge on any atom is 0.416 e. The van der Waals surface area contributed by atoms with Crippen LogP contribution in [0.2, 0.25) is 0 Å². The predicted octanol–water partition coefficient (Wildman–Crippen LogP) is 3.95. The van der Waals surface area contributed by atoms with Gasteiger partial charge in [-0.15, -0.1) is 0 Å². The second-order valence-corrected chi connectivity index (χ2v) is 6.39. The highest BCUT2D eigenvalue weighted by atomic mass is 19.4. The number of carbonyl (C=O) groups is 2. The second kappa shape index (κ2) is 9.27. The Kier molecular flexibility index (Phi) is 7.03. The molecule has 29 heavy (non-hydrogen) atoms. The Labute approximate surface area is 166 Å². The van der Waals surface area contributed by atoms with E-state index in [0.29, 0.717) is 11.3 Å². The van der Waals surface area contributed by atoms with E-state index >= 15 is 0 Å². The van der Waals surface area contributed by atoms with Gasteiger partial charge in [0, 0.05) is 6.08 Å². The number of hydrogen-bond donors (Lipinski definition) is 2. The largest absolute Gasteiger partial charge is 0.481 e. The van der Waals surface area contributed by atoms with E-state index in [1.165, 1.54) is 18.2 Å². The summed E-state index contributed by atoms with van der Waals surface area (Å²) in [6.07, 6.45) is -2.84. The SMILES string of the molecule is Cc1cccc(O[C@@H](C)C(=O)NNC(=O)/C=C/c2ccc(C(F)(F)F)cc2)c1C. The number of carbonyl (C=O) groups excluding carboxylic acids is 2. The van der Waals surface area contributed by atoms with Gasteiger partial charge in [0.1, 0.15) is 5.75 Å². The molecule has 0 aliphatic carbocycles. The molecule has 0 radical (unpaired) electrons. The Morgan fingerprint density at radius 3 is 2.31 bits per heavy atom. The molecular weight excluding hydrogens is 385 g/mol. The Hall–Kier alpha value is -3.29. The minimum atomic E-state index is -4.42. The minimum absolute atomic E-state index is 0.408. The molecule has 0 fully saturated rings. The van der Waals surface area contributed by atoms with Gasteiger partial charge in [-0.25, -0.2) is 0 Å². The van der Waals surface area contributed by atoms with Crippen LogP contribution in [0, 0.1) is 13.8 Å². The molecule has 0 aromatic heterocycles. The zero-order valence-electron chi connectivity index (χ0n) is 16.1. The van der Waals surface area contributed by atoms with Crippen molar-refractivity contribution >= 4 is 17.9 Å². The molecule has 8 heteroatoms. The summed E-state index contributed by atoms with van der Waals surface area (Å²) in [6.45, 7) is 5.35. The molecule has 0 saturated carbocycles. The lowest BCUT2D eigenvalue weighted by molar-refractivity contribution is -0.137. The number of halogens is 3. The average Bonchev–Trinajstić information content (AvgIpc) is 2.67. The van der Waals surface area contributed by atoms with Crippen molar-refractivity contribution in [3.63, 3.8) is 0 Å². The Morgan fingerprint density at radius 1 is 1.03 bits per heavy atom. The third-order valence-corrected chi connectivity index (χ3v) is 4.20. The second-order valence-electron chi connectivity index (χ2n) is 6.39. The summed E-state index contributed by atoms with van der Waals surface area (Å²) < 4.78 is 43.2. The van der Waals surface area contributed by atoms with Crippen LogP contribution in [0.1, 0.15) is 29.2 Å². The number of hydrogen-bond acceptors (Lipinski definition) is 3. The first-order valence-electron chi connectivity index (χ1n) is 8.76. The van der Waals surface area contributed by atoms with E-state index in [1.54, 1.807) is 13.0 Å². The van der Waals surface area contributed by atoms with Gasteiger partial charge in [0.2, 0.25) is 0 Å². The standard InChI is InChI=1S/C21H21F3N2O3/c1-13-5-4-6-18(14(13)2)29-15(3)20(28)26-25-19(27)12-9-16-7-10-17(11-8-16)21(22,23)24/h4-12,15H,1-3H3,(H,25,27)(H,26,28)/b12-9+/t15-/m0/s1. The Bertz CT molecular complexity index is 906. The lowest BCUT2D eigenvalue weighted by Gasteiger charge is -2.17. The number of nitrogens with one attached hydrogen (secondary N) is 2. The monoisotopic (exact) mass is 406 g/mol. The Balaban J connectivity index is 1.85. The van der Waals surface area contributed by atoms with Gasteiger partial charge in [-0.3, -0.25) is 20.4 Å². The fourth-order valence-corrected chi connectivity index (χ4v) is 2.32. The fraction of sp³-hybridized carbons (Fsp3) is 0.238. The van der Waals surface area contributed by atoms with Crippen molar-refractivity contribution < 1.29 is 27.5 Å². The molecule has 0 saturated heterocycles. The molecule has 5 nitrogen and oxygen atoms in total. The first-order chi connectivity index (χ1) is 13.6. The van der Waals surface area contributed by atoms with Crippen LogP contribution >= 0.6 is 0 Å². The lowest BCUT2D eigenvalue weighted by Crippen LogP contribution is -2.46. The minimum Gasteiger partial charge on any atom is -0.481 e. The average molecular weight is 406 g/mol. The molecule has 0 aliphatic heterocycles. The zero-order chi connectivity index (χ0) is 21.6. The van der Waals surface area contributed by atoms with Crippen molar-refractivity contribution in [2.45, 2.75) is 33.1 Å². The summed E-state index contributed by atoms with van der Waals surface area (Å²) in [4.78, 5) is 23.9. The molecule has 2 amide bonds. The number of alkyl halides is 3. The normalized spacial score (nSPS) is 12.5. The van der Waals surface area contributed by atoms with Crippen LogP contribution in [0.4, 0.5) is 13.2 Å². The highest BCUT2D eigenvalue weighted by Gasteiger charge is 2.29. The molecule has 2 N–H and O–H groups in total. The number of benzene rings is 2. The molecule has 2 aromatic carbocycles. The van der Waals surface area contributed by atoms with Gasteiger partial charge in [0.25, 0.3) is 11.8 Å². The molecular formula is C21H21F3N2O3. The van der Waals surface area contributed by atoms with Crippen molar-refractivity contribution in [3.05, 3.63) is 70.8 Å². The van der Waals surface area contributed by atoms with Crippen molar-refractivity contribution in [3.8, 4) is 5.75 Å². The highest BCUT2D eigenvalue weighted by molar-refractivity contribution is 5.93. The van der Waals surface area contributed by atoms with Crippen molar-refractivity contribution in [2.24, 2.45) is 0 Å². The van der Waals surface area contributed by atoms with E-state index in [2.05, 4.69) is 10.9 Å². The number of aryl methyl sites for hydroxylation is 1. The van der Waals surface area contributed by atoms with Crippen LogP contribution in [0.15, 0.2) is 48.5 Å². The van der Waals surface area contributed by atoms with Gasteiger partial charge >= 0.3 is 6.18 Å². The van der Waals surface area contributed by atoms with Gasteiger partial charge in [0.05, 0.1) is 5.56 Å².